The molecule has 1 amide bonds. The first-order valence-electron chi connectivity index (χ1n) is 11.6. The molecule has 2 aromatic heterocycles. The van der Waals surface area contributed by atoms with E-state index in [1.165, 1.54) is 29.3 Å². The largest absolute Gasteiger partial charge is 0.496 e. The van der Waals surface area contributed by atoms with Crippen molar-refractivity contribution in [2.45, 2.75) is 57.0 Å². The molecule has 1 atom stereocenters. The number of carbonyl (C=O) groups excluding carboxylic acids is 1. The number of hydrogen-bond donors (Lipinski definition) is 1. The van der Waals surface area contributed by atoms with Crippen LogP contribution in [0.25, 0.3) is 5.52 Å². The van der Waals surface area contributed by atoms with E-state index < -0.39 is 5.82 Å². The Hall–Kier alpha value is -3.16. The van der Waals surface area contributed by atoms with E-state index in [4.69, 9.17) is 4.74 Å². The highest BCUT2D eigenvalue weighted by molar-refractivity contribution is 6.01. The minimum absolute atomic E-state index is 0.121. The lowest BCUT2D eigenvalue weighted by Gasteiger charge is -2.29. The predicted octanol–water partition coefficient (Wildman–Crippen LogP) is 5.03. The first-order chi connectivity index (χ1) is 16.1. The fourth-order valence-electron chi connectivity index (χ4n) is 5.27. The molecule has 6 nitrogen and oxygen atoms in total. The van der Waals surface area contributed by atoms with Gasteiger partial charge in [0.2, 0.25) is 0 Å². The second-order valence-electron chi connectivity index (χ2n) is 8.91. The number of benzene rings is 1. The molecular weight excluding hydrogens is 426 g/mol. The van der Waals surface area contributed by atoms with Crippen LogP contribution in [0.3, 0.4) is 0 Å². The number of ether oxygens (including phenoxy) is 1. The fraction of sp³-hybridized carbons (Fsp3) is 0.440. The molecule has 0 bridgehead atoms. The van der Waals surface area contributed by atoms with Crippen LogP contribution in [0, 0.1) is 11.6 Å². The highest BCUT2D eigenvalue weighted by Gasteiger charge is 2.32. The van der Waals surface area contributed by atoms with Gasteiger partial charge in [0.15, 0.2) is 5.82 Å². The van der Waals surface area contributed by atoms with E-state index in [9.17, 15) is 9.18 Å². The van der Waals surface area contributed by atoms with Gasteiger partial charge in [0.05, 0.1) is 30.6 Å². The number of aromatic nitrogens is 2. The molecule has 8 heteroatoms. The number of methoxy groups -OCH3 is 1. The Morgan fingerprint density at radius 1 is 1.12 bits per heavy atom. The summed E-state index contributed by atoms with van der Waals surface area (Å²) in [6.07, 6.45) is 9.96. The van der Waals surface area contributed by atoms with Gasteiger partial charge in [-0.3, -0.25) is 4.79 Å². The van der Waals surface area contributed by atoms with Gasteiger partial charge in [-0.2, -0.15) is 5.10 Å². The van der Waals surface area contributed by atoms with Gasteiger partial charge in [0.25, 0.3) is 5.91 Å². The number of halogens is 2. The summed E-state index contributed by atoms with van der Waals surface area (Å²) in [5.74, 6) is -0.568. The molecule has 5 rings (SSSR count). The second kappa shape index (κ2) is 9.00. The normalized spacial score (nSPS) is 19.2. The summed E-state index contributed by atoms with van der Waals surface area (Å²) in [6, 6.07) is 5.98. The summed E-state index contributed by atoms with van der Waals surface area (Å²) >= 11 is 0. The number of hydrogen-bond acceptors (Lipinski definition) is 4. The zero-order valence-corrected chi connectivity index (χ0v) is 18.7. The van der Waals surface area contributed by atoms with Crippen LogP contribution in [0.1, 0.15) is 66.9 Å². The van der Waals surface area contributed by atoms with E-state index in [1.54, 1.807) is 25.4 Å². The molecule has 1 aliphatic carbocycles. The third-order valence-corrected chi connectivity index (χ3v) is 6.90. The van der Waals surface area contributed by atoms with Gasteiger partial charge in [0.1, 0.15) is 17.1 Å². The number of pyridine rings is 1. The molecule has 33 heavy (non-hydrogen) atoms. The maximum Gasteiger partial charge on any atom is 0.255 e. The molecule has 0 radical (unpaired) electrons. The molecule has 3 aromatic rings. The quantitative estimate of drug-likeness (QED) is 0.588. The smallest absolute Gasteiger partial charge is 0.255 e. The average molecular weight is 455 g/mol. The first-order valence-corrected chi connectivity index (χ1v) is 11.6. The molecule has 0 spiro atoms. The highest BCUT2D eigenvalue weighted by Crippen LogP contribution is 2.41. The van der Waals surface area contributed by atoms with Crippen molar-refractivity contribution in [2.24, 2.45) is 0 Å². The summed E-state index contributed by atoms with van der Waals surface area (Å²) in [6.45, 7) is 0.620. The van der Waals surface area contributed by atoms with Crippen LogP contribution in [0.15, 0.2) is 36.7 Å². The molecule has 1 N–H and O–H groups in total. The predicted molar refractivity (Wildman–Crippen MR) is 122 cm³/mol. The van der Waals surface area contributed by atoms with Crippen LogP contribution in [-0.4, -0.2) is 35.2 Å². The summed E-state index contributed by atoms with van der Waals surface area (Å²) < 4.78 is 36.8. The Labute approximate surface area is 191 Å². The molecular formula is C25H28F2N4O2. The molecule has 1 saturated heterocycles. The molecule has 1 aromatic carbocycles. The van der Waals surface area contributed by atoms with Crippen molar-refractivity contribution >= 4 is 17.1 Å². The standard InChI is InChI=1S/C25H28F2N4O2/c1-33-22-10-9-16(26)14-18(22)20-8-5-12-30(20)21-11-13-31-24(23(21)27)19(15-28-31)25(32)29-17-6-3-2-4-7-17/h9-11,13-15,17,20H,2-8,12H2,1H3,(H,29,32)/t20-/m1/s1. The van der Waals surface area contributed by atoms with E-state index in [1.807, 2.05) is 4.90 Å². The van der Waals surface area contributed by atoms with Crippen LogP contribution in [0.5, 0.6) is 5.75 Å². The van der Waals surface area contributed by atoms with Gasteiger partial charge >= 0.3 is 0 Å². The summed E-state index contributed by atoms with van der Waals surface area (Å²) in [7, 11) is 1.55. The topological polar surface area (TPSA) is 58.9 Å². The summed E-state index contributed by atoms with van der Waals surface area (Å²) in [5.41, 5.74) is 1.47. The first kappa shape index (κ1) is 21.7. The van der Waals surface area contributed by atoms with Crippen LogP contribution >= 0.6 is 0 Å². The Morgan fingerprint density at radius 3 is 2.73 bits per heavy atom. The number of fused-ring (bicyclic) bond motifs is 1. The van der Waals surface area contributed by atoms with Gasteiger partial charge in [-0.05, 0) is 49.9 Å². The van der Waals surface area contributed by atoms with Crippen molar-refractivity contribution in [1.82, 2.24) is 14.9 Å². The lowest BCUT2D eigenvalue weighted by Crippen LogP contribution is -2.36. The zero-order chi connectivity index (χ0) is 22.9. The lowest BCUT2D eigenvalue weighted by molar-refractivity contribution is 0.0929. The van der Waals surface area contributed by atoms with Crippen molar-refractivity contribution in [3.05, 3.63) is 59.4 Å². The minimum Gasteiger partial charge on any atom is -0.496 e. The monoisotopic (exact) mass is 454 g/mol. The van der Waals surface area contributed by atoms with Gasteiger partial charge in [-0.15, -0.1) is 0 Å². The molecule has 174 valence electrons. The van der Waals surface area contributed by atoms with Gasteiger partial charge in [-0.25, -0.2) is 13.3 Å². The number of amides is 1. The number of carbonyl (C=O) groups is 1. The molecule has 1 saturated carbocycles. The van der Waals surface area contributed by atoms with Crippen LogP contribution in [-0.2, 0) is 0 Å². The molecule has 2 aliphatic rings. The maximum absolute atomic E-state index is 15.9. The number of rotatable bonds is 5. The van der Waals surface area contributed by atoms with Gasteiger partial charge < -0.3 is 15.0 Å². The van der Waals surface area contributed by atoms with Crippen LogP contribution in [0.2, 0.25) is 0 Å². The lowest BCUT2D eigenvalue weighted by atomic mass is 9.95. The van der Waals surface area contributed by atoms with Gasteiger partial charge in [0, 0.05) is 24.3 Å². The highest BCUT2D eigenvalue weighted by atomic mass is 19.1. The van der Waals surface area contributed by atoms with Crippen molar-refractivity contribution in [3.8, 4) is 5.75 Å². The van der Waals surface area contributed by atoms with Crippen molar-refractivity contribution in [2.75, 3.05) is 18.6 Å². The van der Waals surface area contributed by atoms with Crippen LogP contribution < -0.4 is 15.0 Å². The third-order valence-electron chi connectivity index (χ3n) is 6.90. The van der Waals surface area contributed by atoms with Crippen molar-refractivity contribution in [1.29, 1.82) is 0 Å². The Morgan fingerprint density at radius 2 is 1.94 bits per heavy atom. The van der Waals surface area contributed by atoms with E-state index >= 15 is 4.39 Å². The Bertz CT molecular complexity index is 1170. The number of nitrogens with zero attached hydrogens (tertiary/aromatic N) is 3. The second-order valence-corrected chi connectivity index (χ2v) is 8.91. The van der Waals surface area contributed by atoms with E-state index in [0.29, 0.717) is 23.5 Å². The summed E-state index contributed by atoms with van der Waals surface area (Å²) in [5, 5.41) is 7.26. The Balaban J connectivity index is 1.50. The van der Waals surface area contributed by atoms with E-state index in [-0.39, 0.29) is 34.9 Å². The van der Waals surface area contributed by atoms with Crippen LogP contribution in [0.4, 0.5) is 14.5 Å². The average Bonchev–Trinajstić information content (AvgIpc) is 3.48. The van der Waals surface area contributed by atoms with Crippen molar-refractivity contribution < 1.29 is 18.3 Å². The SMILES string of the molecule is COc1ccc(F)cc1[C@H]1CCCN1c1ccn2ncc(C(=O)NC3CCCCC3)c2c1F. The molecule has 0 unspecified atom stereocenters. The van der Waals surface area contributed by atoms with Gasteiger partial charge in [-0.1, -0.05) is 19.3 Å². The van der Waals surface area contributed by atoms with E-state index in [0.717, 1.165) is 38.5 Å². The minimum atomic E-state index is -0.494. The third kappa shape index (κ3) is 4.03. The molecule has 3 heterocycles. The van der Waals surface area contributed by atoms with Crippen molar-refractivity contribution in [3.63, 3.8) is 0 Å². The van der Waals surface area contributed by atoms with E-state index in [2.05, 4.69) is 10.4 Å². The number of anilines is 1. The summed E-state index contributed by atoms with van der Waals surface area (Å²) in [4.78, 5) is 14.9. The molecule has 2 fully saturated rings. The number of nitrogens with one attached hydrogen (secondary N) is 1. The maximum atomic E-state index is 15.9. The zero-order valence-electron chi connectivity index (χ0n) is 18.7. The molecule has 1 aliphatic heterocycles. The fourth-order valence-corrected chi connectivity index (χ4v) is 5.27. The Kier molecular flexibility index (Phi) is 5.91.